The highest BCUT2D eigenvalue weighted by molar-refractivity contribution is 5.97. The number of hydrogen-bond acceptors (Lipinski definition) is 8. The number of carbonyl (C=O) groups is 3. The minimum absolute atomic E-state index is 0.0119. The lowest BCUT2D eigenvalue weighted by molar-refractivity contribution is -0.385. The molecule has 1 unspecified atom stereocenters. The van der Waals surface area contributed by atoms with E-state index in [4.69, 9.17) is 9.47 Å². The van der Waals surface area contributed by atoms with Gasteiger partial charge in [-0.1, -0.05) is 18.2 Å². The molecule has 2 amide bonds. The number of nitro groups is 1. The smallest absolute Gasteiger partial charge is 0.326 e. The van der Waals surface area contributed by atoms with Crippen LogP contribution in [0.2, 0.25) is 0 Å². The Labute approximate surface area is 196 Å². The van der Waals surface area contributed by atoms with Crippen LogP contribution in [0.3, 0.4) is 0 Å². The van der Waals surface area contributed by atoms with Crippen molar-refractivity contribution in [3.05, 3.63) is 64.2 Å². The molecule has 0 aromatic heterocycles. The van der Waals surface area contributed by atoms with Crippen molar-refractivity contribution in [3.8, 4) is 5.75 Å². The van der Waals surface area contributed by atoms with E-state index in [1.54, 1.807) is 4.90 Å². The summed E-state index contributed by atoms with van der Waals surface area (Å²) >= 11 is 0. The average molecular weight is 470 g/mol. The summed E-state index contributed by atoms with van der Waals surface area (Å²) in [7, 11) is 1.28. The number of carbonyl (C=O) groups excluding carboxylic acids is 3. The molecule has 1 N–H and O–H groups in total. The van der Waals surface area contributed by atoms with E-state index < -0.39 is 29.4 Å². The topological polar surface area (TPSA) is 131 Å². The Morgan fingerprint density at radius 2 is 1.76 bits per heavy atom. The average Bonchev–Trinajstić information content (AvgIpc) is 2.86. The number of piperazine rings is 1. The summed E-state index contributed by atoms with van der Waals surface area (Å²) in [4.78, 5) is 51.4. The molecule has 1 atom stereocenters. The summed E-state index contributed by atoms with van der Waals surface area (Å²) in [6, 6.07) is 13.6. The van der Waals surface area contributed by atoms with Crippen molar-refractivity contribution < 1.29 is 28.8 Å². The zero-order valence-electron chi connectivity index (χ0n) is 18.9. The summed E-state index contributed by atoms with van der Waals surface area (Å²) in [6.45, 7) is 3.34. The van der Waals surface area contributed by atoms with Crippen molar-refractivity contribution in [2.24, 2.45) is 0 Å². The van der Waals surface area contributed by atoms with Crippen LogP contribution in [0.25, 0.3) is 0 Å². The Morgan fingerprint density at radius 3 is 2.38 bits per heavy atom. The maximum absolute atomic E-state index is 12.7. The van der Waals surface area contributed by atoms with Crippen LogP contribution >= 0.6 is 0 Å². The first-order valence-electron chi connectivity index (χ1n) is 10.7. The lowest BCUT2D eigenvalue weighted by atomic mass is 10.1. The van der Waals surface area contributed by atoms with Gasteiger partial charge in [-0.25, -0.2) is 0 Å². The molecule has 11 heteroatoms. The fourth-order valence-electron chi connectivity index (χ4n) is 3.60. The molecule has 1 fully saturated rings. The predicted octanol–water partition coefficient (Wildman–Crippen LogP) is 1.61. The Balaban J connectivity index is 1.46. The maximum atomic E-state index is 12.7. The number of esters is 1. The molecule has 0 spiro atoms. The van der Waals surface area contributed by atoms with Gasteiger partial charge in [0.15, 0.2) is 11.9 Å². The molecule has 2 aromatic carbocycles. The number of anilines is 1. The highest BCUT2D eigenvalue weighted by atomic mass is 16.6. The second-order valence-corrected chi connectivity index (χ2v) is 7.61. The number of nitrogens with one attached hydrogen (secondary N) is 1. The first-order chi connectivity index (χ1) is 16.3. The van der Waals surface area contributed by atoms with Crippen molar-refractivity contribution in [1.82, 2.24) is 10.2 Å². The van der Waals surface area contributed by atoms with E-state index in [1.165, 1.54) is 26.2 Å². The number of hydrogen-bond donors (Lipinski definition) is 1. The van der Waals surface area contributed by atoms with Crippen LogP contribution < -0.4 is 15.0 Å². The van der Waals surface area contributed by atoms with Gasteiger partial charge >= 0.3 is 11.7 Å². The van der Waals surface area contributed by atoms with Crippen LogP contribution in [0.15, 0.2) is 48.5 Å². The quantitative estimate of drug-likeness (QED) is 0.350. The first-order valence-corrected chi connectivity index (χ1v) is 10.7. The fourth-order valence-corrected chi connectivity index (χ4v) is 3.60. The second-order valence-electron chi connectivity index (χ2n) is 7.61. The van der Waals surface area contributed by atoms with E-state index in [1.807, 2.05) is 30.3 Å². The zero-order chi connectivity index (χ0) is 24.7. The van der Waals surface area contributed by atoms with Crippen molar-refractivity contribution in [2.75, 3.05) is 44.7 Å². The molecule has 0 radical (unpaired) electrons. The summed E-state index contributed by atoms with van der Waals surface area (Å²) < 4.78 is 10.1. The molecule has 0 saturated carbocycles. The number of amides is 2. The number of para-hydroxylation sites is 1. The molecule has 1 heterocycles. The van der Waals surface area contributed by atoms with Gasteiger partial charge in [0.25, 0.3) is 11.8 Å². The molecular weight excluding hydrogens is 444 g/mol. The molecule has 1 saturated heterocycles. The lowest BCUT2D eigenvalue weighted by Gasteiger charge is -2.37. The standard InChI is InChI=1S/C23H26N4O7/c1-16(23(30)26-12-10-25(11-13-26)18-6-4-3-5-7-18)34-21(28)15-24-22(29)17-8-9-20(33-2)19(14-17)27(31)32/h3-9,14,16H,10-13,15H2,1-2H3,(H,24,29). The molecule has 0 bridgehead atoms. The molecule has 1 aliphatic rings. The predicted molar refractivity (Wildman–Crippen MR) is 123 cm³/mol. The van der Waals surface area contributed by atoms with Crippen molar-refractivity contribution in [3.63, 3.8) is 0 Å². The monoisotopic (exact) mass is 470 g/mol. The third-order valence-corrected chi connectivity index (χ3v) is 5.40. The van der Waals surface area contributed by atoms with Crippen LogP contribution in [0.1, 0.15) is 17.3 Å². The van der Waals surface area contributed by atoms with Gasteiger partial charge in [-0.05, 0) is 31.2 Å². The van der Waals surface area contributed by atoms with Crippen molar-refractivity contribution in [2.45, 2.75) is 13.0 Å². The summed E-state index contributed by atoms with van der Waals surface area (Å²) in [5, 5.41) is 13.5. The van der Waals surface area contributed by atoms with Crippen LogP contribution in [0, 0.1) is 10.1 Å². The van der Waals surface area contributed by atoms with Gasteiger partial charge in [0.1, 0.15) is 6.54 Å². The molecule has 0 aliphatic carbocycles. The van der Waals surface area contributed by atoms with Gasteiger partial charge < -0.3 is 24.6 Å². The van der Waals surface area contributed by atoms with Crippen LogP contribution in [0.4, 0.5) is 11.4 Å². The minimum Gasteiger partial charge on any atom is -0.490 e. The Hall–Kier alpha value is -4.15. The first kappa shape index (κ1) is 24.5. The largest absolute Gasteiger partial charge is 0.490 e. The number of ether oxygens (including phenoxy) is 2. The highest BCUT2D eigenvalue weighted by Gasteiger charge is 2.27. The molecule has 1 aliphatic heterocycles. The summed E-state index contributed by atoms with van der Waals surface area (Å²) in [5.74, 6) is -1.78. The van der Waals surface area contributed by atoms with Crippen LogP contribution in [-0.4, -0.2) is 73.5 Å². The van der Waals surface area contributed by atoms with Crippen LogP contribution in [0.5, 0.6) is 5.75 Å². The van der Waals surface area contributed by atoms with Crippen LogP contribution in [-0.2, 0) is 14.3 Å². The minimum atomic E-state index is -1.00. The Morgan fingerprint density at radius 1 is 1.09 bits per heavy atom. The number of methoxy groups -OCH3 is 1. The van der Waals surface area contributed by atoms with E-state index in [-0.39, 0.29) is 22.9 Å². The Bertz CT molecular complexity index is 1050. The number of nitro benzene ring substituents is 1. The highest BCUT2D eigenvalue weighted by Crippen LogP contribution is 2.27. The Kier molecular flexibility index (Phi) is 8.01. The number of rotatable bonds is 8. The number of nitrogens with zero attached hydrogens (tertiary/aromatic N) is 3. The molecule has 180 valence electrons. The molecule has 2 aromatic rings. The van der Waals surface area contributed by atoms with E-state index >= 15 is 0 Å². The third kappa shape index (κ3) is 6.00. The van der Waals surface area contributed by atoms with Gasteiger partial charge in [-0.15, -0.1) is 0 Å². The van der Waals surface area contributed by atoms with Gasteiger partial charge in [0.05, 0.1) is 12.0 Å². The number of benzene rings is 2. The second kappa shape index (κ2) is 11.1. The van der Waals surface area contributed by atoms with E-state index in [0.29, 0.717) is 26.2 Å². The zero-order valence-corrected chi connectivity index (χ0v) is 18.9. The summed E-state index contributed by atoms with van der Waals surface area (Å²) in [5.41, 5.74) is 0.706. The van der Waals surface area contributed by atoms with E-state index in [2.05, 4.69) is 10.2 Å². The maximum Gasteiger partial charge on any atom is 0.326 e. The molecule has 11 nitrogen and oxygen atoms in total. The van der Waals surface area contributed by atoms with Gasteiger partial charge in [0.2, 0.25) is 0 Å². The summed E-state index contributed by atoms with van der Waals surface area (Å²) in [6.07, 6.45) is -1.00. The van der Waals surface area contributed by atoms with E-state index in [0.717, 1.165) is 11.8 Å². The third-order valence-electron chi connectivity index (χ3n) is 5.40. The molecule has 3 rings (SSSR count). The molecular formula is C23H26N4O7. The van der Waals surface area contributed by atoms with E-state index in [9.17, 15) is 24.5 Å². The van der Waals surface area contributed by atoms with Gasteiger partial charge in [-0.2, -0.15) is 0 Å². The molecule has 34 heavy (non-hydrogen) atoms. The normalized spacial score (nSPS) is 14.2. The van der Waals surface area contributed by atoms with Crippen molar-refractivity contribution in [1.29, 1.82) is 0 Å². The van der Waals surface area contributed by atoms with Crippen molar-refractivity contribution >= 4 is 29.2 Å². The SMILES string of the molecule is COc1ccc(C(=O)NCC(=O)OC(C)C(=O)N2CCN(c3ccccc3)CC2)cc1[N+](=O)[O-]. The fraction of sp³-hybridized carbons (Fsp3) is 0.348. The van der Waals surface area contributed by atoms with Gasteiger partial charge in [-0.3, -0.25) is 24.5 Å². The lowest BCUT2D eigenvalue weighted by Crippen LogP contribution is -2.52. The van der Waals surface area contributed by atoms with Gasteiger partial charge in [0, 0.05) is 43.5 Å².